The fourth-order valence-electron chi connectivity index (χ4n) is 2.87. The highest BCUT2D eigenvalue weighted by Gasteiger charge is 2.25. The lowest BCUT2D eigenvalue weighted by Gasteiger charge is -2.37. The van der Waals surface area contributed by atoms with Crippen LogP contribution in [0.1, 0.15) is 23.4 Å². The molecule has 3 heterocycles. The van der Waals surface area contributed by atoms with Gasteiger partial charge in [0, 0.05) is 43.4 Å². The van der Waals surface area contributed by atoms with Gasteiger partial charge in [-0.05, 0) is 36.1 Å². The molecule has 0 aliphatic carbocycles. The van der Waals surface area contributed by atoms with Gasteiger partial charge in [0.25, 0.3) is 0 Å². The number of aromatic nitrogens is 1. The summed E-state index contributed by atoms with van der Waals surface area (Å²) in [6.45, 7) is 6.82. The number of morpholine rings is 1. The fourth-order valence-corrected chi connectivity index (χ4v) is 3.73. The number of rotatable bonds is 6. The molecule has 2 atom stereocenters. The average molecular weight is 317 g/mol. The monoisotopic (exact) mass is 317 g/mol. The number of nitrogens with one attached hydrogen (secondary N) is 1. The Hall–Kier alpha value is -1.27. The molecule has 2 aromatic rings. The van der Waals surface area contributed by atoms with E-state index in [1.54, 1.807) is 0 Å². The Bertz CT molecular complexity index is 546. The molecule has 0 aromatic carbocycles. The van der Waals surface area contributed by atoms with Crippen molar-refractivity contribution in [1.29, 1.82) is 0 Å². The Kier molecular flexibility index (Phi) is 5.56. The van der Waals surface area contributed by atoms with E-state index in [9.17, 15) is 0 Å². The molecule has 5 heteroatoms. The lowest BCUT2D eigenvalue weighted by Crippen LogP contribution is -2.45. The van der Waals surface area contributed by atoms with Crippen LogP contribution in [0.25, 0.3) is 0 Å². The summed E-state index contributed by atoms with van der Waals surface area (Å²) in [5.41, 5.74) is 1.27. The van der Waals surface area contributed by atoms with Crippen molar-refractivity contribution >= 4 is 11.3 Å². The summed E-state index contributed by atoms with van der Waals surface area (Å²) in [5, 5.41) is 5.76. The van der Waals surface area contributed by atoms with Crippen LogP contribution in [-0.2, 0) is 11.3 Å². The second kappa shape index (κ2) is 7.83. The molecule has 0 saturated carbocycles. The highest BCUT2D eigenvalue weighted by molar-refractivity contribution is 7.10. The number of hydrogen-bond donors (Lipinski definition) is 1. The molecule has 1 fully saturated rings. The number of hydrogen-bond acceptors (Lipinski definition) is 5. The van der Waals surface area contributed by atoms with E-state index >= 15 is 0 Å². The minimum absolute atomic E-state index is 0.316. The molecule has 3 rings (SSSR count). The molecule has 1 saturated heterocycles. The molecule has 0 amide bonds. The van der Waals surface area contributed by atoms with E-state index in [2.05, 4.69) is 51.8 Å². The molecular weight excluding hydrogens is 294 g/mol. The van der Waals surface area contributed by atoms with Crippen molar-refractivity contribution in [3.63, 3.8) is 0 Å². The molecule has 1 N–H and O–H groups in total. The molecule has 0 unspecified atom stereocenters. The second-order valence-corrected chi connectivity index (χ2v) is 6.67. The second-order valence-electron chi connectivity index (χ2n) is 5.69. The maximum absolute atomic E-state index is 5.68. The highest BCUT2D eigenvalue weighted by Crippen LogP contribution is 2.26. The van der Waals surface area contributed by atoms with Crippen molar-refractivity contribution in [1.82, 2.24) is 15.2 Å². The molecule has 118 valence electrons. The van der Waals surface area contributed by atoms with Gasteiger partial charge in [-0.1, -0.05) is 6.07 Å². The van der Waals surface area contributed by atoms with Crippen molar-refractivity contribution < 1.29 is 4.74 Å². The lowest BCUT2D eigenvalue weighted by atomic mass is 10.1. The van der Waals surface area contributed by atoms with Gasteiger partial charge in [0.2, 0.25) is 0 Å². The summed E-state index contributed by atoms with van der Waals surface area (Å²) in [7, 11) is 0. The first-order valence-electron chi connectivity index (χ1n) is 7.81. The third-order valence-electron chi connectivity index (χ3n) is 4.00. The smallest absolute Gasteiger partial charge is 0.0674 e. The Balaban J connectivity index is 1.61. The third kappa shape index (κ3) is 4.14. The summed E-state index contributed by atoms with van der Waals surface area (Å²) in [6, 6.07) is 8.92. The van der Waals surface area contributed by atoms with Gasteiger partial charge in [0.05, 0.1) is 18.8 Å². The Labute approximate surface area is 136 Å². The van der Waals surface area contributed by atoms with Crippen LogP contribution >= 0.6 is 11.3 Å². The molecule has 4 nitrogen and oxygen atoms in total. The van der Waals surface area contributed by atoms with Crippen LogP contribution in [0.3, 0.4) is 0 Å². The van der Waals surface area contributed by atoms with Gasteiger partial charge < -0.3 is 10.1 Å². The van der Waals surface area contributed by atoms with Crippen molar-refractivity contribution in [3.8, 4) is 0 Å². The maximum atomic E-state index is 5.68. The molecule has 22 heavy (non-hydrogen) atoms. The first-order chi connectivity index (χ1) is 10.8. The van der Waals surface area contributed by atoms with Gasteiger partial charge in [-0.3, -0.25) is 9.88 Å². The summed E-state index contributed by atoms with van der Waals surface area (Å²) in [4.78, 5) is 8.03. The lowest BCUT2D eigenvalue weighted by molar-refractivity contribution is -0.0339. The summed E-state index contributed by atoms with van der Waals surface area (Å²) in [6.07, 6.45) is 4.01. The maximum Gasteiger partial charge on any atom is 0.0674 e. The Morgan fingerprint density at radius 1 is 1.41 bits per heavy atom. The van der Waals surface area contributed by atoms with E-state index in [-0.39, 0.29) is 0 Å². The van der Waals surface area contributed by atoms with Gasteiger partial charge >= 0.3 is 0 Å². The van der Waals surface area contributed by atoms with Crippen LogP contribution in [-0.4, -0.2) is 42.2 Å². The van der Waals surface area contributed by atoms with E-state index in [0.717, 1.165) is 32.8 Å². The predicted molar refractivity (Wildman–Crippen MR) is 90.0 cm³/mol. The molecular formula is C17H23N3OS. The van der Waals surface area contributed by atoms with E-state index in [0.29, 0.717) is 12.1 Å². The van der Waals surface area contributed by atoms with Crippen LogP contribution < -0.4 is 5.32 Å². The third-order valence-corrected chi connectivity index (χ3v) is 4.97. The summed E-state index contributed by atoms with van der Waals surface area (Å²) < 4.78 is 5.68. The number of pyridine rings is 1. The molecule has 0 bridgehead atoms. The van der Waals surface area contributed by atoms with E-state index in [1.807, 2.05) is 23.7 Å². The van der Waals surface area contributed by atoms with Crippen molar-refractivity contribution in [2.75, 3.05) is 26.2 Å². The highest BCUT2D eigenvalue weighted by atomic mass is 32.1. The van der Waals surface area contributed by atoms with Gasteiger partial charge in [-0.2, -0.15) is 0 Å². The van der Waals surface area contributed by atoms with Crippen LogP contribution in [0.4, 0.5) is 0 Å². The Morgan fingerprint density at radius 3 is 3.00 bits per heavy atom. The van der Waals surface area contributed by atoms with E-state index in [1.165, 1.54) is 10.4 Å². The molecule has 2 aromatic heterocycles. The minimum atomic E-state index is 0.316. The zero-order valence-corrected chi connectivity index (χ0v) is 13.8. The van der Waals surface area contributed by atoms with Gasteiger partial charge in [0.1, 0.15) is 0 Å². The van der Waals surface area contributed by atoms with E-state index < -0.39 is 0 Å². The zero-order chi connectivity index (χ0) is 15.2. The van der Waals surface area contributed by atoms with Crippen LogP contribution in [0.15, 0.2) is 42.0 Å². The van der Waals surface area contributed by atoms with Crippen molar-refractivity contribution in [3.05, 3.63) is 52.5 Å². The molecule has 1 aliphatic rings. The molecule has 1 aliphatic heterocycles. The minimum Gasteiger partial charge on any atom is -0.376 e. The van der Waals surface area contributed by atoms with Gasteiger partial charge in [0.15, 0.2) is 0 Å². The van der Waals surface area contributed by atoms with Crippen molar-refractivity contribution in [2.45, 2.75) is 25.6 Å². The van der Waals surface area contributed by atoms with Crippen LogP contribution in [0, 0.1) is 0 Å². The van der Waals surface area contributed by atoms with E-state index in [4.69, 9.17) is 4.74 Å². The zero-order valence-electron chi connectivity index (χ0n) is 12.9. The predicted octanol–water partition coefficient (Wildman–Crippen LogP) is 2.69. The largest absolute Gasteiger partial charge is 0.376 e. The Morgan fingerprint density at radius 2 is 2.27 bits per heavy atom. The quantitative estimate of drug-likeness (QED) is 0.889. The van der Waals surface area contributed by atoms with Crippen molar-refractivity contribution in [2.24, 2.45) is 0 Å². The first-order valence-corrected chi connectivity index (χ1v) is 8.69. The standard InChI is InChI=1S/C17H23N3OS/c1-14-13-20(8-9-21-14)16(17-3-2-10-22-17)12-19-11-15-4-6-18-7-5-15/h2-7,10,14,16,19H,8-9,11-13H2,1H3/t14-,16+/m0/s1. The van der Waals surface area contributed by atoms with Gasteiger partial charge in [-0.25, -0.2) is 0 Å². The first kappa shape index (κ1) is 15.6. The number of ether oxygens (including phenoxy) is 1. The number of nitrogens with zero attached hydrogens (tertiary/aromatic N) is 2. The topological polar surface area (TPSA) is 37.4 Å². The molecule has 0 spiro atoms. The van der Waals surface area contributed by atoms with Gasteiger partial charge in [-0.15, -0.1) is 11.3 Å². The van der Waals surface area contributed by atoms with Crippen LogP contribution in [0.5, 0.6) is 0 Å². The average Bonchev–Trinajstić information content (AvgIpc) is 3.07. The SMILES string of the molecule is C[C@H]1CN([C@H](CNCc2ccncc2)c2cccs2)CCO1. The fraction of sp³-hybridized carbons (Fsp3) is 0.471. The normalized spacial score (nSPS) is 20.9. The van der Waals surface area contributed by atoms with Crippen LogP contribution in [0.2, 0.25) is 0 Å². The molecule has 0 radical (unpaired) electrons. The summed E-state index contributed by atoms with van der Waals surface area (Å²) in [5.74, 6) is 0. The summed E-state index contributed by atoms with van der Waals surface area (Å²) >= 11 is 1.84. The number of thiophene rings is 1.